The van der Waals surface area contributed by atoms with E-state index in [-0.39, 0.29) is 18.2 Å². The van der Waals surface area contributed by atoms with Gasteiger partial charge in [-0.3, -0.25) is 14.9 Å². The van der Waals surface area contributed by atoms with Gasteiger partial charge in [0.2, 0.25) is 17.8 Å². The summed E-state index contributed by atoms with van der Waals surface area (Å²) >= 11 is 0. The third kappa shape index (κ3) is 3.23. The standard InChI is InChI=1S/C16H19N5O2/c1-9-4-5-13(6-10(9)2)18-14(22)7-12-8-21-16(19-15(12)23)17-11(3)20-21/h4-6,12H,7-8H2,1-3H3,(H,18,22)(H,17,19,20,23)/t12-/m0/s1. The van der Waals surface area contributed by atoms with E-state index in [0.717, 1.165) is 11.3 Å². The van der Waals surface area contributed by atoms with E-state index in [4.69, 9.17) is 0 Å². The van der Waals surface area contributed by atoms with Crippen LogP contribution in [0.15, 0.2) is 18.2 Å². The molecule has 2 aromatic rings. The summed E-state index contributed by atoms with van der Waals surface area (Å²) in [4.78, 5) is 28.4. The Bertz CT molecular complexity index is 781. The van der Waals surface area contributed by atoms with Gasteiger partial charge in [-0.25, -0.2) is 4.68 Å². The lowest BCUT2D eigenvalue weighted by Crippen LogP contribution is -2.36. The second-order valence-corrected chi connectivity index (χ2v) is 5.90. The van der Waals surface area contributed by atoms with Crippen molar-refractivity contribution in [3.63, 3.8) is 0 Å². The molecule has 0 bridgehead atoms. The number of benzene rings is 1. The van der Waals surface area contributed by atoms with Crippen LogP contribution in [0.3, 0.4) is 0 Å². The van der Waals surface area contributed by atoms with Crippen LogP contribution in [0.5, 0.6) is 0 Å². The number of aromatic nitrogens is 3. The summed E-state index contributed by atoms with van der Waals surface area (Å²) in [5.41, 5.74) is 3.02. The Kier molecular flexibility index (Phi) is 3.85. The van der Waals surface area contributed by atoms with Crippen molar-refractivity contribution in [3.8, 4) is 0 Å². The highest BCUT2D eigenvalue weighted by Gasteiger charge is 2.29. The van der Waals surface area contributed by atoms with E-state index in [0.29, 0.717) is 18.3 Å². The molecule has 3 rings (SSSR count). The Labute approximate surface area is 134 Å². The Morgan fingerprint density at radius 2 is 2.13 bits per heavy atom. The van der Waals surface area contributed by atoms with E-state index >= 15 is 0 Å². The highest BCUT2D eigenvalue weighted by atomic mass is 16.2. The van der Waals surface area contributed by atoms with Gasteiger partial charge >= 0.3 is 0 Å². The van der Waals surface area contributed by atoms with Gasteiger partial charge in [-0.1, -0.05) is 6.07 Å². The maximum absolute atomic E-state index is 12.2. The molecular weight excluding hydrogens is 294 g/mol. The van der Waals surface area contributed by atoms with Crippen LogP contribution in [0.4, 0.5) is 11.6 Å². The van der Waals surface area contributed by atoms with E-state index in [1.807, 2.05) is 32.0 Å². The molecule has 1 atom stereocenters. The normalized spacial score (nSPS) is 16.7. The van der Waals surface area contributed by atoms with Crippen LogP contribution in [-0.4, -0.2) is 26.6 Å². The molecule has 2 heterocycles. The lowest BCUT2D eigenvalue weighted by Gasteiger charge is -2.21. The number of rotatable bonds is 3. The first kappa shape index (κ1) is 15.2. The summed E-state index contributed by atoms with van der Waals surface area (Å²) in [5, 5.41) is 9.74. The highest BCUT2D eigenvalue weighted by molar-refractivity contribution is 5.98. The molecule has 0 aliphatic carbocycles. The molecule has 0 saturated carbocycles. The van der Waals surface area contributed by atoms with Crippen LogP contribution in [0, 0.1) is 26.7 Å². The lowest BCUT2D eigenvalue weighted by atomic mass is 10.0. The summed E-state index contributed by atoms with van der Waals surface area (Å²) < 4.78 is 1.63. The third-order valence-corrected chi connectivity index (χ3v) is 4.00. The molecule has 0 radical (unpaired) electrons. The van der Waals surface area contributed by atoms with Crippen LogP contribution >= 0.6 is 0 Å². The van der Waals surface area contributed by atoms with Gasteiger partial charge in [0.1, 0.15) is 5.82 Å². The summed E-state index contributed by atoms with van der Waals surface area (Å²) in [6, 6.07) is 5.75. The molecule has 0 unspecified atom stereocenters. The number of carbonyl (C=O) groups is 2. The van der Waals surface area contributed by atoms with Crippen molar-refractivity contribution in [3.05, 3.63) is 35.2 Å². The van der Waals surface area contributed by atoms with Gasteiger partial charge in [0.25, 0.3) is 0 Å². The summed E-state index contributed by atoms with van der Waals surface area (Å²) in [6.07, 6.45) is 0.108. The summed E-state index contributed by atoms with van der Waals surface area (Å²) in [7, 11) is 0. The van der Waals surface area contributed by atoms with E-state index in [9.17, 15) is 9.59 Å². The van der Waals surface area contributed by atoms with Crippen LogP contribution in [0.2, 0.25) is 0 Å². The Balaban J connectivity index is 1.66. The Morgan fingerprint density at radius 1 is 1.35 bits per heavy atom. The molecule has 7 heteroatoms. The number of hydrogen-bond donors (Lipinski definition) is 2. The van der Waals surface area contributed by atoms with E-state index < -0.39 is 5.92 Å². The molecule has 1 aliphatic heterocycles. The molecule has 1 aliphatic rings. The SMILES string of the molecule is Cc1nc2n(n1)C[C@H](CC(=O)Nc1ccc(C)c(C)c1)C(=O)N2. The van der Waals surface area contributed by atoms with Gasteiger partial charge < -0.3 is 5.32 Å². The first-order valence-electron chi connectivity index (χ1n) is 7.52. The van der Waals surface area contributed by atoms with Crippen molar-refractivity contribution in [2.75, 3.05) is 10.6 Å². The zero-order chi connectivity index (χ0) is 16.6. The van der Waals surface area contributed by atoms with Gasteiger partial charge in [0.05, 0.1) is 12.5 Å². The van der Waals surface area contributed by atoms with Crippen molar-refractivity contribution >= 4 is 23.5 Å². The van der Waals surface area contributed by atoms with Crippen molar-refractivity contribution < 1.29 is 9.59 Å². The van der Waals surface area contributed by atoms with Crippen LogP contribution in [0.1, 0.15) is 23.4 Å². The molecule has 23 heavy (non-hydrogen) atoms. The molecule has 120 valence electrons. The number of anilines is 2. The fraction of sp³-hybridized carbons (Fsp3) is 0.375. The fourth-order valence-corrected chi connectivity index (χ4v) is 2.59. The van der Waals surface area contributed by atoms with Gasteiger partial charge in [-0.05, 0) is 44.0 Å². The maximum atomic E-state index is 12.2. The highest BCUT2D eigenvalue weighted by Crippen LogP contribution is 2.20. The predicted octanol–water partition coefficient (Wildman–Crippen LogP) is 1.80. The first-order chi connectivity index (χ1) is 10.9. The van der Waals surface area contributed by atoms with E-state index in [2.05, 4.69) is 20.7 Å². The largest absolute Gasteiger partial charge is 0.326 e. The predicted molar refractivity (Wildman–Crippen MR) is 86.0 cm³/mol. The summed E-state index contributed by atoms with van der Waals surface area (Å²) in [6.45, 7) is 6.14. The number of carbonyl (C=O) groups excluding carboxylic acids is 2. The number of fused-ring (bicyclic) bond motifs is 1. The average molecular weight is 313 g/mol. The van der Waals surface area contributed by atoms with Crippen molar-refractivity contribution in [2.24, 2.45) is 5.92 Å². The molecule has 2 N–H and O–H groups in total. The van der Waals surface area contributed by atoms with Gasteiger partial charge in [0.15, 0.2) is 0 Å². The maximum Gasteiger partial charge on any atom is 0.232 e. The van der Waals surface area contributed by atoms with Crippen LogP contribution in [-0.2, 0) is 16.1 Å². The van der Waals surface area contributed by atoms with Crippen LogP contribution < -0.4 is 10.6 Å². The molecule has 1 aromatic carbocycles. The molecule has 0 fully saturated rings. The van der Waals surface area contributed by atoms with Crippen molar-refractivity contribution in [1.29, 1.82) is 0 Å². The molecule has 7 nitrogen and oxygen atoms in total. The van der Waals surface area contributed by atoms with E-state index in [1.54, 1.807) is 11.6 Å². The Morgan fingerprint density at radius 3 is 2.87 bits per heavy atom. The lowest BCUT2D eigenvalue weighted by molar-refractivity contribution is -0.125. The molecule has 0 saturated heterocycles. The monoisotopic (exact) mass is 313 g/mol. The fourth-order valence-electron chi connectivity index (χ4n) is 2.59. The zero-order valence-corrected chi connectivity index (χ0v) is 13.4. The zero-order valence-electron chi connectivity index (χ0n) is 13.4. The molecule has 2 amide bonds. The van der Waals surface area contributed by atoms with Crippen molar-refractivity contribution in [2.45, 2.75) is 33.7 Å². The smallest absolute Gasteiger partial charge is 0.232 e. The number of hydrogen-bond acceptors (Lipinski definition) is 4. The number of nitrogens with one attached hydrogen (secondary N) is 2. The van der Waals surface area contributed by atoms with Crippen molar-refractivity contribution in [1.82, 2.24) is 14.8 Å². The number of nitrogens with zero attached hydrogens (tertiary/aromatic N) is 3. The Hall–Kier alpha value is -2.70. The van der Waals surface area contributed by atoms with Crippen LogP contribution in [0.25, 0.3) is 0 Å². The van der Waals surface area contributed by atoms with Gasteiger partial charge in [0, 0.05) is 12.1 Å². The third-order valence-electron chi connectivity index (χ3n) is 4.00. The topological polar surface area (TPSA) is 88.9 Å². The quantitative estimate of drug-likeness (QED) is 0.904. The second kappa shape index (κ2) is 5.83. The minimum Gasteiger partial charge on any atom is -0.326 e. The molecule has 1 aromatic heterocycles. The number of amides is 2. The number of aryl methyl sites for hydroxylation is 3. The second-order valence-electron chi connectivity index (χ2n) is 5.90. The molecular formula is C16H19N5O2. The van der Waals surface area contributed by atoms with Gasteiger partial charge in [-0.15, -0.1) is 0 Å². The summed E-state index contributed by atoms with van der Waals surface area (Å²) in [5.74, 6) is 0.211. The first-order valence-corrected chi connectivity index (χ1v) is 7.52. The average Bonchev–Trinajstić information content (AvgIpc) is 2.82. The minimum absolute atomic E-state index is 0.108. The van der Waals surface area contributed by atoms with E-state index in [1.165, 1.54) is 5.56 Å². The molecule has 0 spiro atoms. The minimum atomic E-state index is -0.449. The van der Waals surface area contributed by atoms with Gasteiger partial charge in [-0.2, -0.15) is 10.1 Å².